The highest BCUT2D eigenvalue weighted by Crippen LogP contribution is 2.21. The van der Waals surface area contributed by atoms with E-state index in [0.29, 0.717) is 27.9 Å². The van der Waals surface area contributed by atoms with Crippen LogP contribution in [0.15, 0.2) is 54.6 Å². The van der Waals surface area contributed by atoms with Crippen molar-refractivity contribution >= 4 is 5.78 Å². The van der Waals surface area contributed by atoms with Gasteiger partial charge in [0.1, 0.15) is 25.0 Å². The molecule has 0 saturated heterocycles. The molecule has 0 heterocycles. The van der Waals surface area contributed by atoms with Gasteiger partial charge in [-0.15, -0.1) is 0 Å². The van der Waals surface area contributed by atoms with Crippen LogP contribution in [0, 0.1) is 0 Å². The minimum absolute atomic E-state index is 0. The van der Waals surface area contributed by atoms with Crippen molar-refractivity contribution in [2.24, 2.45) is 0 Å². The molecule has 0 aliphatic carbocycles. The Morgan fingerprint density at radius 3 is 2.25 bits per heavy atom. The summed E-state index contributed by atoms with van der Waals surface area (Å²) in [5.41, 5.74) is 1.13. The second kappa shape index (κ2) is 8.83. The number of hydrogen-bond donors (Lipinski definition) is 1. The number of nitrogens with zero attached hydrogens (tertiary/aromatic N) is 1. The monoisotopic (exact) mass is 349 g/mol. The fourth-order valence-electron chi connectivity index (χ4n) is 2.40. The fourth-order valence-corrected chi connectivity index (χ4v) is 2.40. The summed E-state index contributed by atoms with van der Waals surface area (Å²) in [6, 6.07) is 16.3. The highest BCUT2D eigenvalue weighted by Gasteiger charge is 2.18. The first kappa shape index (κ1) is 20.2. The van der Waals surface area contributed by atoms with E-state index in [4.69, 9.17) is 4.74 Å². The molecule has 2 aromatic carbocycles. The van der Waals surface area contributed by atoms with Crippen molar-refractivity contribution in [2.45, 2.75) is 6.10 Å². The Morgan fingerprint density at radius 1 is 1.04 bits per heavy atom. The van der Waals surface area contributed by atoms with Crippen molar-refractivity contribution in [2.75, 3.05) is 34.3 Å². The molecular formula is C19H24ClNO3. The molecule has 0 aromatic heterocycles. The lowest BCUT2D eigenvalue weighted by Crippen LogP contribution is -3.00. The number of benzene rings is 2. The van der Waals surface area contributed by atoms with E-state index in [2.05, 4.69) is 0 Å². The smallest absolute Gasteiger partial charge is 0.196 e. The SMILES string of the molecule is C[N+](C)(C)CC(O)COc1ccccc1C(=O)c1ccccc1.[Cl-]. The standard InChI is InChI=1S/C19H24NO3.ClH/c1-20(2,3)13-16(21)14-23-18-12-8-7-11-17(18)19(22)15-9-5-4-6-10-15;/h4-12,16,21H,13-14H2,1-3H3;1H/q+1;/p-1. The van der Waals surface area contributed by atoms with Crippen molar-refractivity contribution in [3.05, 3.63) is 65.7 Å². The number of aliphatic hydroxyl groups excluding tert-OH is 1. The van der Waals surface area contributed by atoms with Crippen LogP contribution in [0.4, 0.5) is 0 Å². The van der Waals surface area contributed by atoms with E-state index in [1.807, 2.05) is 51.5 Å². The summed E-state index contributed by atoms with van der Waals surface area (Å²) >= 11 is 0. The van der Waals surface area contributed by atoms with E-state index in [9.17, 15) is 9.90 Å². The Balaban J connectivity index is 0.00000288. The van der Waals surface area contributed by atoms with E-state index in [-0.39, 0.29) is 24.8 Å². The lowest BCUT2D eigenvalue weighted by Gasteiger charge is -2.26. The number of halogens is 1. The van der Waals surface area contributed by atoms with Gasteiger partial charge in [0.15, 0.2) is 5.78 Å². The van der Waals surface area contributed by atoms with Gasteiger partial charge in [0.25, 0.3) is 0 Å². The van der Waals surface area contributed by atoms with Gasteiger partial charge in [0, 0.05) is 5.56 Å². The quantitative estimate of drug-likeness (QED) is 0.535. The molecule has 0 saturated carbocycles. The van der Waals surface area contributed by atoms with Crippen molar-refractivity contribution in [1.82, 2.24) is 0 Å². The second-order valence-electron chi connectivity index (χ2n) is 6.63. The summed E-state index contributed by atoms with van der Waals surface area (Å²) in [7, 11) is 6.03. The summed E-state index contributed by atoms with van der Waals surface area (Å²) < 4.78 is 6.35. The number of ether oxygens (including phenoxy) is 1. The van der Waals surface area contributed by atoms with Gasteiger partial charge in [0.2, 0.25) is 0 Å². The summed E-state index contributed by atoms with van der Waals surface area (Å²) in [5, 5.41) is 10.1. The number of para-hydroxylation sites is 1. The first-order valence-corrected chi connectivity index (χ1v) is 7.67. The Labute approximate surface area is 149 Å². The number of ketones is 1. The second-order valence-corrected chi connectivity index (χ2v) is 6.63. The van der Waals surface area contributed by atoms with Gasteiger partial charge in [-0.1, -0.05) is 42.5 Å². The molecule has 0 aliphatic heterocycles. The van der Waals surface area contributed by atoms with Crippen LogP contribution in [-0.2, 0) is 0 Å². The lowest BCUT2D eigenvalue weighted by molar-refractivity contribution is -0.873. The average molecular weight is 350 g/mol. The fraction of sp³-hybridized carbons (Fsp3) is 0.316. The van der Waals surface area contributed by atoms with Crippen molar-refractivity contribution < 1.29 is 31.5 Å². The maximum absolute atomic E-state index is 12.6. The molecule has 0 amide bonds. The van der Waals surface area contributed by atoms with E-state index in [0.717, 1.165) is 0 Å². The Morgan fingerprint density at radius 2 is 1.62 bits per heavy atom. The van der Waals surface area contributed by atoms with Crippen LogP contribution in [0.25, 0.3) is 0 Å². The van der Waals surface area contributed by atoms with Crippen LogP contribution in [0.3, 0.4) is 0 Å². The maximum atomic E-state index is 12.6. The van der Waals surface area contributed by atoms with E-state index in [1.165, 1.54) is 0 Å². The normalized spacial score (nSPS) is 12.2. The first-order chi connectivity index (χ1) is 10.9. The summed E-state index contributed by atoms with van der Waals surface area (Å²) in [6.45, 7) is 0.739. The summed E-state index contributed by atoms with van der Waals surface area (Å²) in [5.74, 6) is 0.420. The predicted molar refractivity (Wildman–Crippen MR) is 90.7 cm³/mol. The number of hydrogen-bond acceptors (Lipinski definition) is 3. The van der Waals surface area contributed by atoms with Crippen LogP contribution in [-0.4, -0.2) is 55.8 Å². The average Bonchev–Trinajstić information content (AvgIpc) is 2.52. The highest BCUT2D eigenvalue weighted by atomic mass is 35.5. The number of carbonyl (C=O) groups excluding carboxylic acids is 1. The predicted octanol–water partition coefficient (Wildman–Crippen LogP) is -0.632. The van der Waals surface area contributed by atoms with Crippen LogP contribution in [0.5, 0.6) is 5.75 Å². The van der Waals surface area contributed by atoms with Gasteiger partial charge in [-0.2, -0.15) is 0 Å². The van der Waals surface area contributed by atoms with Crippen molar-refractivity contribution in [3.63, 3.8) is 0 Å². The Kier molecular flexibility index (Phi) is 7.42. The van der Waals surface area contributed by atoms with Crippen LogP contribution in [0.1, 0.15) is 15.9 Å². The topological polar surface area (TPSA) is 46.5 Å². The molecule has 0 radical (unpaired) electrons. The summed E-state index contributed by atoms with van der Waals surface area (Å²) in [4.78, 5) is 12.6. The third-order valence-electron chi connectivity index (χ3n) is 3.36. The molecule has 1 N–H and O–H groups in total. The minimum Gasteiger partial charge on any atom is -1.00 e. The van der Waals surface area contributed by atoms with Crippen LogP contribution in [0.2, 0.25) is 0 Å². The number of rotatable bonds is 7. The minimum atomic E-state index is -0.588. The lowest BCUT2D eigenvalue weighted by atomic mass is 10.0. The van der Waals surface area contributed by atoms with E-state index < -0.39 is 6.10 Å². The van der Waals surface area contributed by atoms with Gasteiger partial charge < -0.3 is 26.7 Å². The zero-order valence-corrected chi connectivity index (χ0v) is 15.0. The molecule has 130 valence electrons. The number of aliphatic hydroxyl groups is 1. The van der Waals surface area contributed by atoms with Crippen molar-refractivity contribution in [3.8, 4) is 5.75 Å². The molecule has 2 aromatic rings. The third-order valence-corrected chi connectivity index (χ3v) is 3.36. The van der Waals surface area contributed by atoms with Gasteiger partial charge >= 0.3 is 0 Å². The van der Waals surface area contributed by atoms with Gasteiger partial charge in [-0.3, -0.25) is 4.79 Å². The zero-order valence-electron chi connectivity index (χ0n) is 14.3. The van der Waals surface area contributed by atoms with Crippen molar-refractivity contribution in [1.29, 1.82) is 0 Å². The van der Waals surface area contributed by atoms with E-state index in [1.54, 1.807) is 24.3 Å². The molecule has 24 heavy (non-hydrogen) atoms. The number of likely N-dealkylation sites (N-methyl/N-ethyl adjacent to an activating group) is 1. The molecule has 5 heteroatoms. The molecule has 4 nitrogen and oxygen atoms in total. The molecule has 0 bridgehead atoms. The molecular weight excluding hydrogens is 326 g/mol. The van der Waals surface area contributed by atoms with Gasteiger partial charge in [0.05, 0.1) is 26.7 Å². The van der Waals surface area contributed by atoms with E-state index >= 15 is 0 Å². The first-order valence-electron chi connectivity index (χ1n) is 7.67. The number of carbonyl (C=O) groups is 1. The maximum Gasteiger partial charge on any atom is 0.196 e. The van der Waals surface area contributed by atoms with Gasteiger partial charge in [-0.25, -0.2) is 0 Å². The highest BCUT2D eigenvalue weighted by molar-refractivity contribution is 6.10. The van der Waals surface area contributed by atoms with Crippen LogP contribution >= 0.6 is 0 Å². The zero-order chi connectivity index (χ0) is 16.9. The molecule has 0 fully saturated rings. The third kappa shape index (κ3) is 5.96. The largest absolute Gasteiger partial charge is 1.00 e. The molecule has 1 unspecified atom stereocenters. The molecule has 2 rings (SSSR count). The van der Waals surface area contributed by atoms with Gasteiger partial charge in [-0.05, 0) is 12.1 Å². The Bertz CT molecular complexity index is 653. The summed E-state index contributed by atoms with van der Waals surface area (Å²) in [6.07, 6.45) is -0.588. The molecule has 1 atom stereocenters. The van der Waals surface area contributed by atoms with Crippen LogP contribution < -0.4 is 17.1 Å². The Hall–Kier alpha value is -1.88. The number of quaternary nitrogens is 1. The molecule has 0 spiro atoms. The molecule has 0 aliphatic rings.